The highest BCUT2D eigenvalue weighted by molar-refractivity contribution is 8.14. The fourth-order valence-corrected chi connectivity index (χ4v) is 14.1. The molecule has 0 amide bonds. The summed E-state index contributed by atoms with van der Waals surface area (Å²) in [4.78, 5) is 30.5. The van der Waals surface area contributed by atoms with Crippen molar-refractivity contribution in [2.24, 2.45) is 0 Å². The van der Waals surface area contributed by atoms with Gasteiger partial charge in [0.1, 0.15) is 12.2 Å². The fraction of sp³-hybridized carbons (Fsp3) is 0.973. The average Bonchev–Trinajstić information content (AvgIpc) is 3.65. The molecule has 0 saturated carbocycles. The van der Waals surface area contributed by atoms with Gasteiger partial charge >= 0.3 is 0 Å². The Balaban J connectivity index is 5.29. The van der Waals surface area contributed by atoms with E-state index in [-0.39, 0.29) is 11.5 Å². The first kappa shape index (κ1) is 87.6. The van der Waals surface area contributed by atoms with Crippen LogP contribution in [0.1, 0.15) is 362 Å². The van der Waals surface area contributed by atoms with Crippen LogP contribution in [0, 0.1) is 0 Å². The summed E-state index contributed by atoms with van der Waals surface area (Å²) < 4.78 is 0. The molecule has 0 aromatic rings. The second-order valence-corrected chi connectivity index (χ2v) is 29.2. The van der Waals surface area contributed by atoms with Crippen molar-refractivity contribution in [3.63, 3.8) is 0 Å². The van der Waals surface area contributed by atoms with Gasteiger partial charge in [0, 0.05) is 50.8 Å². The van der Waals surface area contributed by atoms with Gasteiger partial charge in [0.25, 0.3) is 0 Å². The van der Waals surface area contributed by atoms with Crippen LogP contribution in [0.4, 0.5) is 0 Å². The third-order valence-electron chi connectivity index (χ3n) is 18.2. The molecule has 526 valence electrons. The number of hydrogen-bond donors (Lipinski definition) is 8. The minimum Gasteiger partial charge on any atom is -0.392 e. The van der Waals surface area contributed by atoms with Crippen molar-refractivity contribution >= 4 is 33.8 Å². The zero-order valence-electron chi connectivity index (χ0n) is 58.2. The number of thioether (sulfide) groups is 2. The van der Waals surface area contributed by atoms with Crippen LogP contribution in [0.15, 0.2) is 0 Å². The Morgan fingerprint density at radius 1 is 0.261 bits per heavy atom. The molecule has 0 aromatic carbocycles. The summed E-state index contributed by atoms with van der Waals surface area (Å²) in [5.74, 6) is 0.399. The summed E-state index contributed by atoms with van der Waals surface area (Å²) in [7, 11) is 0. The van der Waals surface area contributed by atoms with Crippen LogP contribution in [0.3, 0.4) is 0 Å². The first-order chi connectivity index (χ1) is 42.8. The maximum Gasteiger partial charge on any atom is 0.220 e. The number of carbonyl (C=O) groups excluding carboxylic acids is 2. The van der Waals surface area contributed by atoms with Crippen LogP contribution in [0.25, 0.3) is 0 Å². The van der Waals surface area contributed by atoms with Crippen molar-refractivity contribution in [2.45, 2.75) is 410 Å². The number of rotatable bonds is 71. The number of aliphatic hydroxyl groups excluding tert-OH is 8. The van der Waals surface area contributed by atoms with Gasteiger partial charge in [0.05, 0.1) is 24.4 Å². The van der Waals surface area contributed by atoms with Gasteiger partial charge in [-0.3, -0.25) is 19.4 Å². The first-order valence-corrected chi connectivity index (χ1v) is 40.0. The molecule has 8 N–H and O–H groups in total. The average molecular weight is 1290 g/mol. The van der Waals surface area contributed by atoms with Crippen LogP contribution < -0.4 is 0 Å². The Morgan fingerprint density at radius 3 is 0.591 bits per heavy atom. The van der Waals surface area contributed by atoms with E-state index < -0.39 is 59.1 Å². The van der Waals surface area contributed by atoms with E-state index in [1.165, 1.54) is 231 Å². The monoisotopic (exact) mass is 1290 g/mol. The quantitative estimate of drug-likeness (QED) is 0.0267. The fourth-order valence-electron chi connectivity index (χ4n) is 12.3. The van der Waals surface area contributed by atoms with Gasteiger partial charge in [-0.25, -0.2) is 0 Å². The molecule has 0 aliphatic carbocycles. The molecule has 0 aliphatic heterocycles. The van der Waals surface area contributed by atoms with Crippen LogP contribution in [0.5, 0.6) is 0 Å². The largest absolute Gasteiger partial charge is 0.392 e. The summed E-state index contributed by atoms with van der Waals surface area (Å²) in [5, 5.41) is 86.7. The molecule has 0 bridgehead atoms. The van der Waals surface area contributed by atoms with E-state index >= 15 is 0 Å². The smallest absolute Gasteiger partial charge is 0.220 e. The van der Waals surface area contributed by atoms with Crippen LogP contribution in [-0.4, -0.2) is 160 Å². The molecule has 0 saturated heterocycles. The Hall–Kier alpha value is -0.360. The minimum absolute atomic E-state index is 0.200. The van der Waals surface area contributed by atoms with Gasteiger partial charge in [-0.2, -0.15) is 0 Å². The van der Waals surface area contributed by atoms with Gasteiger partial charge in [0.15, 0.2) is 12.2 Å². The number of hydrogen-bond acceptors (Lipinski definition) is 14. The topological polar surface area (TPSA) is 202 Å². The van der Waals surface area contributed by atoms with Crippen molar-refractivity contribution < 1.29 is 50.4 Å². The standard InChI is InChI=1S/C74H148N2O10S2/c1-5-9-13-17-21-25-29-33-37-41-45-49-53-65(77)61-75(62-66(78)54-50-46-42-38-34-30-26-22-18-14-10-6-2)57-59-87-73(85)71(83)69(81)70(82)72(84)74(86)88-60-58-76(63-67(79)55-51-47-43-39-35-31-27-23-19-15-11-7-3)64-68(80)56-52-48-44-40-36-32-28-24-20-16-12-8-4/h65-72,77-84H,5-64H2,1-4H3/t65?,66?,67?,68?,69-,70-,71-,72+/m0/s1. The summed E-state index contributed by atoms with van der Waals surface area (Å²) in [6.45, 7) is 11.1. The Bertz CT molecular complexity index is 1280. The molecule has 4 unspecified atom stereocenters. The SMILES string of the molecule is CCCCCCCCCCCCCCC(O)CN(CCSC(=O)[C@@H](O)[C@@H](O)[C@H](O)[C@@H](O)C(=O)SCCN(CC(O)CCCCCCCCCCCCCC)CC(O)CCCCCCCCCCCCCC)CC(O)CCCCCCCCCCCCCC. The molecule has 0 aromatic heterocycles. The van der Waals surface area contributed by atoms with E-state index in [2.05, 4.69) is 27.7 Å². The van der Waals surface area contributed by atoms with Crippen LogP contribution in [-0.2, 0) is 9.59 Å². The number of nitrogens with zero attached hydrogens (tertiary/aromatic N) is 2. The molecule has 0 rings (SSSR count). The number of unbranched alkanes of at least 4 members (excludes halogenated alkanes) is 44. The molecular weight excluding hydrogens is 1140 g/mol. The number of aliphatic hydroxyl groups is 8. The molecule has 8 atom stereocenters. The lowest BCUT2D eigenvalue weighted by Crippen LogP contribution is -2.49. The van der Waals surface area contributed by atoms with Gasteiger partial charge in [0.2, 0.25) is 10.2 Å². The van der Waals surface area contributed by atoms with Crippen molar-refractivity contribution in [2.75, 3.05) is 50.8 Å². The molecule has 88 heavy (non-hydrogen) atoms. The summed E-state index contributed by atoms with van der Waals surface area (Å²) in [6, 6.07) is 0. The highest BCUT2D eigenvalue weighted by Gasteiger charge is 2.37. The lowest BCUT2D eigenvalue weighted by Gasteiger charge is -2.28. The molecule has 0 radical (unpaired) electrons. The zero-order chi connectivity index (χ0) is 64.8. The molecule has 0 fully saturated rings. The van der Waals surface area contributed by atoms with E-state index in [0.29, 0.717) is 65.0 Å². The van der Waals surface area contributed by atoms with Gasteiger partial charge in [-0.15, -0.1) is 0 Å². The highest BCUT2D eigenvalue weighted by Crippen LogP contribution is 2.22. The van der Waals surface area contributed by atoms with E-state index in [1.807, 2.05) is 9.80 Å². The Morgan fingerprint density at radius 2 is 0.420 bits per heavy atom. The maximum absolute atomic E-state index is 13.3. The van der Waals surface area contributed by atoms with Crippen molar-refractivity contribution in [1.29, 1.82) is 0 Å². The van der Waals surface area contributed by atoms with Crippen LogP contribution in [0.2, 0.25) is 0 Å². The molecule has 0 aliphatic rings. The lowest BCUT2D eigenvalue weighted by molar-refractivity contribution is -0.144. The Labute approximate surface area is 552 Å². The molecule has 0 spiro atoms. The van der Waals surface area contributed by atoms with Crippen LogP contribution >= 0.6 is 23.5 Å². The molecule has 14 heteroatoms. The van der Waals surface area contributed by atoms with Crippen molar-refractivity contribution in [3.05, 3.63) is 0 Å². The molecule has 12 nitrogen and oxygen atoms in total. The first-order valence-electron chi connectivity index (χ1n) is 38.0. The van der Waals surface area contributed by atoms with E-state index in [0.717, 1.165) is 101 Å². The molecular formula is C74H148N2O10S2. The predicted molar refractivity (Wildman–Crippen MR) is 379 cm³/mol. The molecule has 0 heterocycles. The Kier molecular flexibility index (Phi) is 66.4. The third-order valence-corrected chi connectivity index (χ3v) is 20.0. The number of carbonyl (C=O) groups is 2. The lowest BCUT2D eigenvalue weighted by atomic mass is 10.0. The second kappa shape index (κ2) is 66.7. The van der Waals surface area contributed by atoms with Crippen molar-refractivity contribution in [3.8, 4) is 0 Å². The summed E-state index contributed by atoms with van der Waals surface area (Å²) in [5.41, 5.74) is 0. The summed E-state index contributed by atoms with van der Waals surface area (Å²) >= 11 is 1.55. The van der Waals surface area contributed by atoms with E-state index in [9.17, 15) is 50.4 Å². The zero-order valence-corrected chi connectivity index (χ0v) is 59.8. The normalized spacial score (nSPS) is 14.8. The maximum atomic E-state index is 13.3. The van der Waals surface area contributed by atoms with E-state index in [4.69, 9.17) is 0 Å². The minimum atomic E-state index is -2.12. The predicted octanol–water partition coefficient (Wildman–Crippen LogP) is 17.4. The van der Waals surface area contributed by atoms with E-state index in [1.54, 1.807) is 0 Å². The van der Waals surface area contributed by atoms with Gasteiger partial charge < -0.3 is 40.9 Å². The second-order valence-electron chi connectivity index (χ2n) is 27.1. The summed E-state index contributed by atoms with van der Waals surface area (Å²) in [6.07, 6.45) is 51.4. The van der Waals surface area contributed by atoms with Gasteiger partial charge in [-0.1, -0.05) is 359 Å². The highest BCUT2D eigenvalue weighted by atomic mass is 32.2. The van der Waals surface area contributed by atoms with Gasteiger partial charge in [-0.05, 0) is 25.7 Å². The van der Waals surface area contributed by atoms with Crippen molar-refractivity contribution in [1.82, 2.24) is 9.80 Å². The third kappa shape index (κ3) is 57.1.